The Morgan fingerprint density at radius 3 is 2.71 bits per heavy atom. The molecule has 1 aliphatic heterocycles. The van der Waals surface area contributed by atoms with Crippen molar-refractivity contribution in [2.24, 2.45) is 0 Å². The molecular formula is C18H15FO5. The number of Topliss-reactive ketones (excluding diaryl/α,β-unsaturated/α-hetero) is 1. The van der Waals surface area contributed by atoms with Crippen LogP contribution in [0.3, 0.4) is 0 Å². The molecule has 3 rings (SSSR count). The highest BCUT2D eigenvalue weighted by Gasteiger charge is 2.17. The average Bonchev–Trinajstić information content (AvgIpc) is 3.06. The smallest absolute Gasteiger partial charge is 0.306 e. The molecule has 1 aliphatic rings. The van der Waals surface area contributed by atoms with Crippen LogP contribution in [0.25, 0.3) is 0 Å². The minimum atomic E-state index is -0.549. The van der Waals surface area contributed by atoms with E-state index in [-0.39, 0.29) is 37.8 Å². The molecule has 124 valence electrons. The first-order valence-electron chi connectivity index (χ1n) is 7.45. The molecule has 0 amide bonds. The summed E-state index contributed by atoms with van der Waals surface area (Å²) in [7, 11) is 0. The van der Waals surface area contributed by atoms with E-state index in [2.05, 4.69) is 0 Å². The molecule has 0 fully saturated rings. The minimum Gasteiger partial charge on any atom is -0.457 e. The van der Waals surface area contributed by atoms with Crippen LogP contribution in [-0.4, -0.2) is 25.2 Å². The molecule has 5 nitrogen and oxygen atoms in total. The fraction of sp³-hybridized carbons (Fsp3) is 0.222. The molecule has 0 radical (unpaired) electrons. The lowest BCUT2D eigenvalue weighted by molar-refractivity contribution is -0.142. The summed E-state index contributed by atoms with van der Waals surface area (Å²) in [6.07, 6.45) is 0.235. The molecule has 24 heavy (non-hydrogen) atoms. The van der Waals surface area contributed by atoms with Crippen LogP contribution in [0, 0.1) is 5.82 Å². The van der Waals surface area contributed by atoms with E-state index >= 15 is 0 Å². The van der Waals surface area contributed by atoms with E-state index in [0.29, 0.717) is 22.6 Å². The topological polar surface area (TPSA) is 61.8 Å². The van der Waals surface area contributed by atoms with Crippen molar-refractivity contribution in [2.75, 3.05) is 13.4 Å². The molecule has 0 bridgehead atoms. The van der Waals surface area contributed by atoms with Crippen LogP contribution >= 0.6 is 0 Å². The van der Waals surface area contributed by atoms with Crippen molar-refractivity contribution in [3.8, 4) is 11.5 Å². The second-order valence-electron chi connectivity index (χ2n) is 5.24. The second kappa shape index (κ2) is 7.12. The van der Waals surface area contributed by atoms with E-state index in [1.54, 1.807) is 36.4 Å². The molecule has 2 aromatic carbocycles. The number of esters is 1. The zero-order valence-electron chi connectivity index (χ0n) is 12.8. The first kappa shape index (κ1) is 16.0. The summed E-state index contributed by atoms with van der Waals surface area (Å²) in [5.74, 6) is -0.179. The first-order valence-corrected chi connectivity index (χ1v) is 7.45. The molecule has 2 aromatic rings. The van der Waals surface area contributed by atoms with Gasteiger partial charge in [0.1, 0.15) is 5.82 Å². The van der Waals surface area contributed by atoms with Gasteiger partial charge in [0, 0.05) is 12.0 Å². The third kappa shape index (κ3) is 3.71. The third-order valence-electron chi connectivity index (χ3n) is 3.62. The van der Waals surface area contributed by atoms with Crippen molar-refractivity contribution in [3.63, 3.8) is 0 Å². The van der Waals surface area contributed by atoms with E-state index in [1.807, 2.05) is 0 Å². The van der Waals surface area contributed by atoms with Gasteiger partial charge in [0.05, 0.1) is 0 Å². The van der Waals surface area contributed by atoms with E-state index in [0.717, 1.165) is 0 Å². The van der Waals surface area contributed by atoms with E-state index in [4.69, 9.17) is 14.2 Å². The predicted molar refractivity (Wildman–Crippen MR) is 82.6 cm³/mol. The fourth-order valence-electron chi connectivity index (χ4n) is 2.31. The highest BCUT2D eigenvalue weighted by Crippen LogP contribution is 2.32. The Labute approximate surface area is 138 Å². The number of rotatable bonds is 6. The lowest BCUT2D eigenvalue weighted by Crippen LogP contribution is -2.14. The van der Waals surface area contributed by atoms with Crippen LogP contribution < -0.4 is 9.47 Å². The van der Waals surface area contributed by atoms with Crippen LogP contribution in [0.15, 0.2) is 42.5 Å². The average molecular weight is 330 g/mol. The summed E-state index contributed by atoms with van der Waals surface area (Å²) in [6, 6.07) is 11.0. The van der Waals surface area contributed by atoms with Gasteiger partial charge in [-0.1, -0.05) is 18.2 Å². The first-order chi connectivity index (χ1) is 11.6. The number of ether oxygens (including phenoxy) is 3. The van der Waals surface area contributed by atoms with Gasteiger partial charge in [-0.05, 0) is 36.2 Å². The van der Waals surface area contributed by atoms with E-state index < -0.39 is 5.97 Å². The Morgan fingerprint density at radius 2 is 1.88 bits per heavy atom. The Morgan fingerprint density at radius 1 is 1.08 bits per heavy atom. The van der Waals surface area contributed by atoms with Gasteiger partial charge in [0.2, 0.25) is 6.79 Å². The van der Waals surface area contributed by atoms with Crippen LogP contribution in [0.4, 0.5) is 4.39 Å². The van der Waals surface area contributed by atoms with Crippen LogP contribution in [0.1, 0.15) is 22.3 Å². The second-order valence-corrected chi connectivity index (χ2v) is 5.24. The quantitative estimate of drug-likeness (QED) is 0.602. The molecule has 0 aromatic heterocycles. The number of carbonyl (C=O) groups is 2. The van der Waals surface area contributed by atoms with Crippen LogP contribution in [-0.2, 0) is 16.0 Å². The van der Waals surface area contributed by atoms with Crippen molar-refractivity contribution >= 4 is 11.8 Å². The van der Waals surface area contributed by atoms with Gasteiger partial charge in [-0.25, -0.2) is 4.39 Å². The monoisotopic (exact) mass is 330 g/mol. The zero-order valence-corrected chi connectivity index (χ0v) is 12.8. The third-order valence-corrected chi connectivity index (χ3v) is 3.62. The van der Waals surface area contributed by atoms with Crippen molar-refractivity contribution in [1.82, 2.24) is 0 Å². The number of carbonyl (C=O) groups excluding carboxylic acids is 2. The Balaban J connectivity index is 1.49. The summed E-state index contributed by atoms with van der Waals surface area (Å²) in [5, 5.41) is 0. The number of benzene rings is 2. The number of halogens is 1. The number of hydrogen-bond acceptors (Lipinski definition) is 5. The summed E-state index contributed by atoms with van der Waals surface area (Å²) in [4.78, 5) is 23.8. The van der Waals surface area contributed by atoms with Gasteiger partial charge >= 0.3 is 5.97 Å². The number of hydrogen-bond donors (Lipinski definition) is 0. The van der Waals surface area contributed by atoms with E-state index in [1.165, 1.54) is 6.07 Å². The predicted octanol–water partition coefficient (Wildman–Crippen LogP) is 2.91. The van der Waals surface area contributed by atoms with Gasteiger partial charge < -0.3 is 14.2 Å². The Kier molecular flexibility index (Phi) is 4.74. The molecule has 0 aliphatic carbocycles. The standard InChI is InChI=1S/C18H15FO5/c19-14-4-2-1-3-12(14)6-8-18(21)22-10-15(20)13-5-7-16-17(9-13)24-11-23-16/h1-5,7,9H,6,8,10-11H2. The van der Waals surface area contributed by atoms with Crippen molar-refractivity contribution in [3.05, 3.63) is 59.4 Å². The normalized spacial score (nSPS) is 12.0. The fourth-order valence-corrected chi connectivity index (χ4v) is 2.31. The zero-order chi connectivity index (χ0) is 16.9. The van der Waals surface area contributed by atoms with Gasteiger partial charge in [0.25, 0.3) is 0 Å². The highest BCUT2D eigenvalue weighted by molar-refractivity contribution is 5.98. The van der Waals surface area contributed by atoms with Gasteiger partial charge in [0.15, 0.2) is 23.9 Å². The lowest BCUT2D eigenvalue weighted by atomic mass is 10.1. The van der Waals surface area contributed by atoms with Gasteiger partial charge in [-0.2, -0.15) is 0 Å². The Bertz CT molecular complexity index is 772. The maximum atomic E-state index is 13.5. The molecule has 1 heterocycles. The van der Waals surface area contributed by atoms with Crippen LogP contribution in [0.5, 0.6) is 11.5 Å². The summed E-state index contributed by atoms with van der Waals surface area (Å²) < 4.78 is 28.8. The molecule has 0 unspecified atom stereocenters. The maximum absolute atomic E-state index is 13.5. The van der Waals surface area contributed by atoms with Crippen molar-refractivity contribution < 1.29 is 28.2 Å². The summed E-state index contributed by atoms with van der Waals surface area (Å²) in [5.41, 5.74) is 0.817. The minimum absolute atomic E-state index is 0.00928. The molecular weight excluding hydrogens is 315 g/mol. The molecule has 0 atom stereocenters. The largest absolute Gasteiger partial charge is 0.457 e. The molecule has 0 saturated carbocycles. The summed E-state index contributed by atoms with van der Waals surface area (Å²) >= 11 is 0. The summed E-state index contributed by atoms with van der Waals surface area (Å²) in [6.45, 7) is -0.242. The molecule has 6 heteroatoms. The lowest BCUT2D eigenvalue weighted by Gasteiger charge is -2.06. The van der Waals surface area contributed by atoms with Crippen molar-refractivity contribution in [1.29, 1.82) is 0 Å². The number of fused-ring (bicyclic) bond motifs is 1. The van der Waals surface area contributed by atoms with Gasteiger partial charge in [-0.3, -0.25) is 9.59 Å². The Hall–Kier alpha value is -2.89. The van der Waals surface area contributed by atoms with E-state index in [9.17, 15) is 14.0 Å². The molecule has 0 saturated heterocycles. The van der Waals surface area contributed by atoms with Gasteiger partial charge in [-0.15, -0.1) is 0 Å². The highest BCUT2D eigenvalue weighted by atomic mass is 19.1. The number of ketones is 1. The molecule has 0 spiro atoms. The van der Waals surface area contributed by atoms with Crippen molar-refractivity contribution in [2.45, 2.75) is 12.8 Å². The SMILES string of the molecule is O=C(CCc1ccccc1F)OCC(=O)c1ccc2c(c1)OCO2. The maximum Gasteiger partial charge on any atom is 0.306 e. The van der Waals surface area contributed by atoms with Crippen LogP contribution in [0.2, 0.25) is 0 Å². The number of aryl methyl sites for hydroxylation is 1. The molecule has 0 N–H and O–H groups in total.